The molecule has 0 saturated carbocycles. The van der Waals surface area contributed by atoms with Crippen molar-refractivity contribution in [1.29, 1.82) is 0 Å². The van der Waals surface area contributed by atoms with E-state index in [9.17, 15) is 0 Å². The molecule has 1 atom stereocenters. The largest absolute Gasteiger partial charge is 0.326 e. The van der Waals surface area contributed by atoms with Crippen LogP contribution >= 0.6 is 0 Å². The zero-order valence-corrected chi connectivity index (χ0v) is 10.9. The molecule has 0 aromatic heterocycles. The van der Waals surface area contributed by atoms with E-state index < -0.39 is 0 Å². The van der Waals surface area contributed by atoms with Crippen molar-refractivity contribution in [3.63, 3.8) is 0 Å². The van der Waals surface area contributed by atoms with Gasteiger partial charge in [-0.2, -0.15) is 0 Å². The molecule has 0 radical (unpaired) electrons. The predicted molar refractivity (Wildman–Crippen MR) is 68.5 cm³/mol. The second-order valence-corrected chi connectivity index (χ2v) is 6.22. The molecule has 2 N–H and O–H groups in total. The van der Waals surface area contributed by atoms with Crippen LogP contribution in [0.4, 0.5) is 0 Å². The van der Waals surface area contributed by atoms with Crippen molar-refractivity contribution in [3.05, 3.63) is 0 Å². The van der Waals surface area contributed by atoms with Gasteiger partial charge in [0.25, 0.3) is 0 Å². The van der Waals surface area contributed by atoms with Crippen molar-refractivity contribution in [2.75, 3.05) is 32.7 Å². The Morgan fingerprint density at radius 2 is 1.94 bits per heavy atom. The molecule has 94 valence electrons. The minimum absolute atomic E-state index is 0.0122. The number of nitrogens with two attached hydrogens (primary N) is 1. The van der Waals surface area contributed by atoms with Crippen LogP contribution < -0.4 is 5.73 Å². The Bertz CT molecular complexity index is 222. The lowest BCUT2D eigenvalue weighted by Crippen LogP contribution is -2.41. The van der Waals surface area contributed by atoms with Crippen LogP contribution in [-0.2, 0) is 0 Å². The van der Waals surface area contributed by atoms with Gasteiger partial charge >= 0.3 is 0 Å². The van der Waals surface area contributed by atoms with Gasteiger partial charge in [0.05, 0.1) is 0 Å². The molecule has 1 unspecified atom stereocenters. The van der Waals surface area contributed by atoms with E-state index in [0.29, 0.717) is 0 Å². The van der Waals surface area contributed by atoms with Gasteiger partial charge in [-0.15, -0.1) is 0 Å². The van der Waals surface area contributed by atoms with Crippen molar-refractivity contribution in [2.24, 2.45) is 5.73 Å². The van der Waals surface area contributed by atoms with Crippen LogP contribution in [0.5, 0.6) is 0 Å². The molecule has 3 heteroatoms. The third kappa shape index (κ3) is 3.44. The summed E-state index contributed by atoms with van der Waals surface area (Å²) in [5.41, 5.74) is 6.05. The molecule has 0 amide bonds. The summed E-state index contributed by atoms with van der Waals surface area (Å²) in [7, 11) is 0. The molecule has 16 heavy (non-hydrogen) atoms. The summed E-state index contributed by atoms with van der Waals surface area (Å²) in [5, 5.41) is 0. The van der Waals surface area contributed by atoms with E-state index in [4.69, 9.17) is 5.73 Å². The predicted octanol–water partition coefficient (Wildman–Crippen LogP) is 1.28. The van der Waals surface area contributed by atoms with Crippen LogP contribution in [0.1, 0.15) is 39.5 Å². The van der Waals surface area contributed by atoms with E-state index in [1.165, 1.54) is 52.0 Å². The molecule has 2 rings (SSSR count). The van der Waals surface area contributed by atoms with Crippen molar-refractivity contribution in [3.8, 4) is 0 Å². The number of hydrogen-bond donors (Lipinski definition) is 1. The minimum atomic E-state index is -0.0122. The molecular formula is C13H27N3. The van der Waals surface area contributed by atoms with E-state index in [0.717, 1.165) is 12.5 Å². The molecule has 2 aliphatic heterocycles. The average molecular weight is 225 g/mol. The summed E-state index contributed by atoms with van der Waals surface area (Å²) in [4.78, 5) is 5.32. The Labute approximate surface area is 100.0 Å². The fourth-order valence-electron chi connectivity index (χ4n) is 2.93. The topological polar surface area (TPSA) is 32.5 Å². The zero-order chi connectivity index (χ0) is 11.6. The van der Waals surface area contributed by atoms with E-state index in [-0.39, 0.29) is 5.54 Å². The Morgan fingerprint density at radius 3 is 2.69 bits per heavy atom. The van der Waals surface area contributed by atoms with Crippen molar-refractivity contribution in [2.45, 2.75) is 51.1 Å². The molecule has 2 aliphatic rings. The first kappa shape index (κ1) is 12.3. The highest BCUT2D eigenvalue weighted by Gasteiger charge is 2.28. The molecule has 3 nitrogen and oxygen atoms in total. The summed E-state index contributed by atoms with van der Waals surface area (Å²) in [5.74, 6) is 0. The lowest BCUT2D eigenvalue weighted by atomic mass is 10.0. The summed E-state index contributed by atoms with van der Waals surface area (Å²) in [6.45, 7) is 10.6. The van der Waals surface area contributed by atoms with Gasteiger partial charge in [-0.1, -0.05) is 0 Å². The molecule has 0 aromatic rings. The van der Waals surface area contributed by atoms with Gasteiger partial charge in [-0.3, -0.25) is 4.90 Å². The molecular weight excluding hydrogens is 198 g/mol. The average Bonchev–Trinajstić information content (AvgIpc) is 2.52. The number of fused-ring (bicyclic) bond motifs is 1. The fraction of sp³-hybridized carbons (Fsp3) is 1.00. The minimum Gasteiger partial charge on any atom is -0.326 e. The maximum Gasteiger partial charge on any atom is 0.0223 e. The maximum atomic E-state index is 6.06. The molecule has 2 saturated heterocycles. The SMILES string of the molecule is CC(C)(N)CCN1CCCN2CCCC2C1. The van der Waals surface area contributed by atoms with E-state index >= 15 is 0 Å². The van der Waals surface area contributed by atoms with Crippen LogP contribution in [0.25, 0.3) is 0 Å². The molecule has 0 aromatic carbocycles. The highest BCUT2D eigenvalue weighted by Crippen LogP contribution is 2.21. The third-order valence-electron chi connectivity index (χ3n) is 3.96. The summed E-state index contributed by atoms with van der Waals surface area (Å²) < 4.78 is 0. The number of rotatable bonds is 3. The van der Waals surface area contributed by atoms with Crippen LogP contribution in [0.3, 0.4) is 0 Å². The van der Waals surface area contributed by atoms with Gasteiger partial charge in [0.1, 0.15) is 0 Å². The van der Waals surface area contributed by atoms with Crippen molar-refractivity contribution < 1.29 is 0 Å². The Kier molecular flexibility index (Phi) is 3.88. The number of hydrogen-bond acceptors (Lipinski definition) is 3. The number of nitrogens with zero attached hydrogens (tertiary/aromatic N) is 2. The zero-order valence-electron chi connectivity index (χ0n) is 10.9. The Hall–Kier alpha value is -0.120. The van der Waals surface area contributed by atoms with Crippen molar-refractivity contribution in [1.82, 2.24) is 9.80 Å². The highest BCUT2D eigenvalue weighted by molar-refractivity contribution is 4.85. The molecule has 0 aliphatic carbocycles. The van der Waals surface area contributed by atoms with Crippen molar-refractivity contribution >= 4 is 0 Å². The van der Waals surface area contributed by atoms with Gasteiger partial charge in [-0.05, 0) is 65.7 Å². The highest BCUT2D eigenvalue weighted by atomic mass is 15.3. The van der Waals surface area contributed by atoms with E-state index in [1.807, 2.05) is 0 Å². The monoisotopic (exact) mass is 225 g/mol. The first-order chi connectivity index (χ1) is 7.54. The normalized spacial score (nSPS) is 29.1. The lowest BCUT2D eigenvalue weighted by molar-refractivity contribution is 0.209. The Balaban J connectivity index is 1.81. The first-order valence-corrected chi connectivity index (χ1v) is 6.80. The van der Waals surface area contributed by atoms with Gasteiger partial charge in [0.2, 0.25) is 0 Å². The van der Waals surface area contributed by atoms with Gasteiger partial charge in [0, 0.05) is 18.1 Å². The molecule has 2 heterocycles. The first-order valence-electron chi connectivity index (χ1n) is 6.80. The van der Waals surface area contributed by atoms with E-state index in [1.54, 1.807) is 0 Å². The van der Waals surface area contributed by atoms with Gasteiger partial charge < -0.3 is 10.6 Å². The van der Waals surface area contributed by atoms with E-state index in [2.05, 4.69) is 23.6 Å². The summed E-state index contributed by atoms with van der Waals surface area (Å²) in [6.07, 6.45) is 5.25. The molecule has 0 spiro atoms. The van der Waals surface area contributed by atoms with Crippen LogP contribution in [0.2, 0.25) is 0 Å². The summed E-state index contributed by atoms with van der Waals surface area (Å²) in [6, 6.07) is 0.836. The fourth-order valence-corrected chi connectivity index (χ4v) is 2.93. The third-order valence-corrected chi connectivity index (χ3v) is 3.96. The second kappa shape index (κ2) is 5.03. The standard InChI is InChI=1S/C13H27N3/c1-13(2,14)6-10-15-7-4-9-16-8-3-5-12(16)11-15/h12H,3-11,14H2,1-2H3. The van der Waals surface area contributed by atoms with Crippen LogP contribution in [0.15, 0.2) is 0 Å². The smallest absolute Gasteiger partial charge is 0.0223 e. The van der Waals surface area contributed by atoms with Crippen LogP contribution in [0, 0.1) is 0 Å². The van der Waals surface area contributed by atoms with Gasteiger partial charge in [-0.25, -0.2) is 0 Å². The molecule has 0 bridgehead atoms. The summed E-state index contributed by atoms with van der Waals surface area (Å²) >= 11 is 0. The van der Waals surface area contributed by atoms with Gasteiger partial charge in [0.15, 0.2) is 0 Å². The van der Waals surface area contributed by atoms with Crippen LogP contribution in [-0.4, -0.2) is 54.1 Å². The Morgan fingerprint density at radius 1 is 1.19 bits per heavy atom. The molecule has 2 fully saturated rings. The quantitative estimate of drug-likeness (QED) is 0.785. The maximum absolute atomic E-state index is 6.06. The lowest BCUT2D eigenvalue weighted by Gasteiger charge is -2.28. The second-order valence-electron chi connectivity index (χ2n) is 6.22.